The lowest BCUT2D eigenvalue weighted by Crippen LogP contribution is -1.95. The van der Waals surface area contributed by atoms with E-state index in [1.54, 1.807) is 40.1 Å². The number of allylic oxidation sites excluding steroid dienone is 1. The highest BCUT2D eigenvalue weighted by Gasteiger charge is 2.19. The maximum absolute atomic E-state index is 9.34. The first-order valence-electron chi connectivity index (χ1n) is 11.5. The van der Waals surface area contributed by atoms with Crippen molar-refractivity contribution in [2.75, 3.05) is 13.2 Å². The second-order valence-electron chi connectivity index (χ2n) is 7.79. The van der Waals surface area contributed by atoms with Crippen molar-refractivity contribution >= 4 is 71.9 Å². The van der Waals surface area contributed by atoms with E-state index in [0.717, 1.165) is 82.7 Å². The smallest absolute Gasteiger partial charge is 0.144 e. The van der Waals surface area contributed by atoms with Crippen molar-refractivity contribution < 1.29 is 9.47 Å². The van der Waals surface area contributed by atoms with E-state index < -0.39 is 0 Å². The monoisotopic (exact) mass is 652 g/mol. The molecule has 184 valence electrons. The van der Waals surface area contributed by atoms with Gasteiger partial charge in [-0.1, -0.05) is 39.5 Å². The highest BCUT2D eigenvalue weighted by atomic mass is 79.9. The standard InChI is InChI=1S/C26H26Br2N2O2S3/c1-3-5-7-9-31-19-13-22(34-25(19)27)21-12-18(11-17(15-29)16-30)24(33-21)23-14-20(26(28)35-23)32-10-8-6-4-2/h11-14H,3-10H2,1-2H3. The van der Waals surface area contributed by atoms with Gasteiger partial charge in [0.2, 0.25) is 0 Å². The first-order chi connectivity index (χ1) is 17.0. The Balaban J connectivity index is 1.93. The average molecular weight is 655 g/mol. The fourth-order valence-electron chi connectivity index (χ4n) is 3.27. The molecule has 0 aliphatic rings. The van der Waals surface area contributed by atoms with Crippen molar-refractivity contribution in [2.45, 2.75) is 52.4 Å². The highest BCUT2D eigenvalue weighted by molar-refractivity contribution is 9.11. The number of halogens is 2. The molecule has 0 radical (unpaired) electrons. The summed E-state index contributed by atoms with van der Waals surface area (Å²) >= 11 is 12.1. The zero-order chi connectivity index (χ0) is 25.2. The van der Waals surface area contributed by atoms with Crippen LogP contribution in [0.5, 0.6) is 11.5 Å². The molecule has 0 bridgehead atoms. The van der Waals surface area contributed by atoms with Gasteiger partial charge in [-0.05, 0) is 62.4 Å². The summed E-state index contributed by atoms with van der Waals surface area (Å²) in [7, 11) is 0. The Hall–Kier alpha value is -1.62. The summed E-state index contributed by atoms with van der Waals surface area (Å²) in [5.41, 5.74) is 0.930. The van der Waals surface area contributed by atoms with E-state index in [4.69, 9.17) is 9.47 Å². The highest BCUT2D eigenvalue weighted by Crippen LogP contribution is 2.49. The molecule has 0 unspecified atom stereocenters. The van der Waals surface area contributed by atoms with Gasteiger partial charge < -0.3 is 9.47 Å². The Kier molecular flexibility index (Phi) is 11.3. The molecule has 3 aromatic rings. The molecule has 9 heteroatoms. The molecule has 0 fully saturated rings. The quantitative estimate of drug-likeness (QED) is 0.136. The largest absolute Gasteiger partial charge is 0.491 e. The zero-order valence-electron chi connectivity index (χ0n) is 19.7. The average Bonchev–Trinajstić information content (AvgIpc) is 3.54. The van der Waals surface area contributed by atoms with Gasteiger partial charge in [0.1, 0.15) is 36.8 Å². The fourth-order valence-corrected chi connectivity index (χ4v) is 7.76. The van der Waals surface area contributed by atoms with Gasteiger partial charge in [0, 0.05) is 26.8 Å². The van der Waals surface area contributed by atoms with Crippen LogP contribution in [0.15, 0.2) is 31.3 Å². The van der Waals surface area contributed by atoms with Crippen molar-refractivity contribution in [3.63, 3.8) is 0 Å². The summed E-state index contributed by atoms with van der Waals surface area (Å²) in [6.45, 7) is 5.73. The number of ether oxygens (including phenoxy) is 2. The maximum Gasteiger partial charge on any atom is 0.144 e. The molecule has 0 amide bonds. The van der Waals surface area contributed by atoms with E-state index >= 15 is 0 Å². The molecule has 0 saturated heterocycles. The van der Waals surface area contributed by atoms with Crippen LogP contribution in [-0.2, 0) is 0 Å². The predicted molar refractivity (Wildman–Crippen MR) is 156 cm³/mol. The van der Waals surface area contributed by atoms with Crippen LogP contribution in [0.2, 0.25) is 0 Å². The maximum atomic E-state index is 9.34. The van der Waals surface area contributed by atoms with Crippen molar-refractivity contribution in [2.24, 2.45) is 0 Å². The van der Waals surface area contributed by atoms with Crippen LogP contribution in [0.25, 0.3) is 25.6 Å². The Bertz CT molecular complexity index is 1230. The number of rotatable bonds is 13. The van der Waals surface area contributed by atoms with E-state index in [9.17, 15) is 10.5 Å². The van der Waals surface area contributed by atoms with Gasteiger partial charge in [-0.25, -0.2) is 0 Å². The summed E-state index contributed by atoms with van der Waals surface area (Å²) in [5.74, 6) is 1.68. The predicted octanol–water partition coefficient (Wildman–Crippen LogP) is 10.3. The number of unbranched alkanes of at least 4 members (excludes halogenated alkanes) is 4. The Morgan fingerprint density at radius 2 is 1.31 bits per heavy atom. The third-order valence-corrected chi connectivity index (χ3v) is 10.2. The number of thiophene rings is 3. The first kappa shape index (κ1) is 28.0. The third kappa shape index (κ3) is 7.68. The van der Waals surface area contributed by atoms with Crippen LogP contribution < -0.4 is 9.47 Å². The van der Waals surface area contributed by atoms with Gasteiger partial charge in [-0.2, -0.15) is 10.5 Å². The van der Waals surface area contributed by atoms with Crippen molar-refractivity contribution in [1.29, 1.82) is 10.5 Å². The summed E-state index contributed by atoms with van der Waals surface area (Å²) < 4.78 is 13.9. The van der Waals surface area contributed by atoms with Crippen LogP contribution in [0, 0.1) is 22.7 Å². The van der Waals surface area contributed by atoms with Crippen LogP contribution >= 0.6 is 65.9 Å². The van der Waals surface area contributed by atoms with Gasteiger partial charge in [0.25, 0.3) is 0 Å². The second kappa shape index (κ2) is 14.2. The number of nitriles is 2. The fraction of sp³-hybridized carbons (Fsp3) is 0.385. The van der Waals surface area contributed by atoms with Gasteiger partial charge in [0.15, 0.2) is 0 Å². The molecule has 0 aromatic carbocycles. The van der Waals surface area contributed by atoms with Crippen molar-refractivity contribution in [3.8, 4) is 43.1 Å². The molecule has 35 heavy (non-hydrogen) atoms. The van der Waals surface area contributed by atoms with E-state index in [1.807, 2.05) is 24.3 Å². The molecule has 4 nitrogen and oxygen atoms in total. The van der Waals surface area contributed by atoms with E-state index in [2.05, 4.69) is 51.8 Å². The lowest BCUT2D eigenvalue weighted by atomic mass is 10.1. The molecular weight excluding hydrogens is 628 g/mol. The molecule has 3 aromatic heterocycles. The van der Waals surface area contributed by atoms with E-state index in [1.165, 1.54) is 0 Å². The van der Waals surface area contributed by atoms with Crippen LogP contribution in [0.4, 0.5) is 0 Å². The molecule has 3 rings (SSSR count). The Labute approximate surface area is 236 Å². The van der Waals surface area contributed by atoms with Crippen molar-refractivity contribution in [3.05, 3.63) is 36.9 Å². The third-order valence-electron chi connectivity index (χ3n) is 5.09. The molecular formula is C26H26Br2N2O2S3. The number of hydrogen-bond donors (Lipinski definition) is 0. The first-order valence-corrected chi connectivity index (χ1v) is 15.5. The zero-order valence-corrected chi connectivity index (χ0v) is 25.3. The van der Waals surface area contributed by atoms with Gasteiger partial charge >= 0.3 is 0 Å². The Morgan fingerprint density at radius 3 is 1.86 bits per heavy atom. The summed E-state index contributed by atoms with van der Waals surface area (Å²) in [6, 6.07) is 10.1. The minimum atomic E-state index is 0.0783. The number of hydrogen-bond acceptors (Lipinski definition) is 7. The molecule has 3 heterocycles. The lowest BCUT2D eigenvalue weighted by Gasteiger charge is -2.03. The van der Waals surface area contributed by atoms with Crippen LogP contribution in [-0.4, -0.2) is 13.2 Å². The minimum absolute atomic E-state index is 0.0783. The summed E-state index contributed by atoms with van der Waals surface area (Å²) in [6.07, 6.45) is 8.32. The molecule has 0 aliphatic carbocycles. The Morgan fingerprint density at radius 1 is 0.800 bits per heavy atom. The topological polar surface area (TPSA) is 66.0 Å². The summed E-state index contributed by atoms with van der Waals surface area (Å²) in [4.78, 5) is 4.18. The van der Waals surface area contributed by atoms with Crippen LogP contribution in [0.3, 0.4) is 0 Å². The van der Waals surface area contributed by atoms with Gasteiger partial charge in [-0.15, -0.1) is 34.0 Å². The second-order valence-corrected chi connectivity index (χ2v) is 13.6. The van der Waals surface area contributed by atoms with Crippen LogP contribution in [0.1, 0.15) is 57.9 Å². The SMILES string of the molecule is CCCCCOc1cc(-c2cc(C=C(C#N)C#N)c(-c3cc(OCCCCC)c(Br)s3)s2)sc1Br. The molecule has 0 saturated carbocycles. The molecule has 0 atom stereocenters. The van der Waals surface area contributed by atoms with Gasteiger partial charge in [-0.3, -0.25) is 0 Å². The normalized spacial score (nSPS) is 10.6. The van der Waals surface area contributed by atoms with Crippen molar-refractivity contribution in [1.82, 2.24) is 0 Å². The molecule has 0 aliphatic heterocycles. The number of nitrogens with zero attached hydrogens (tertiary/aromatic N) is 2. The lowest BCUT2D eigenvalue weighted by molar-refractivity contribution is 0.306. The van der Waals surface area contributed by atoms with E-state index in [-0.39, 0.29) is 5.57 Å². The van der Waals surface area contributed by atoms with Gasteiger partial charge in [0.05, 0.1) is 18.1 Å². The molecule has 0 N–H and O–H groups in total. The minimum Gasteiger partial charge on any atom is -0.491 e. The summed E-state index contributed by atoms with van der Waals surface area (Å²) in [5, 5.41) is 18.7. The van der Waals surface area contributed by atoms with E-state index in [0.29, 0.717) is 13.2 Å². The molecule has 0 spiro atoms.